The highest BCUT2D eigenvalue weighted by molar-refractivity contribution is 6.33. The third-order valence-electron chi connectivity index (χ3n) is 1.43. The van der Waals surface area contributed by atoms with Crippen molar-refractivity contribution in [3.05, 3.63) is 34.3 Å². The second-order valence-electron chi connectivity index (χ2n) is 2.53. The van der Waals surface area contributed by atoms with E-state index in [1.54, 1.807) is 0 Å². The zero-order valence-corrected chi connectivity index (χ0v) is 7.44. The predicted octanol–water partition coefficient (Wildman–Crippen LogP) is 3.40. The van der Waals surface area contributed by atoms with Crippen molar-refractivity contribution in [1.82, 2.24) is 4.98 Å². The van der Waals surface area contributed by atoms with Gasteiger partial charge in [0.05, 0.1) is 10.6 Å². The van der Waals surface area contributed by atoms with Gasteiger partial charge in [-0.05, 0) is 6.07 Å². The van der Waals surface area contributed by atoms with E-state index >= 15 is 0 Å². The molecule has 0 aliphatic carbocycles. The Hall–Kier alpha value is -1.21. The Morgan fingerprint density at radius 3 is 2.62 bits per heavy atom. The highest BCUT2D eigenvalue weighted by Gasteiger charge is 2.26. The molecule has 0 fully saturated rings. The highest BCUT2D eigenvalue weighted by atomic mass is 35.5. The Kier molecular flexibility index (Phi) is 2.48. The van der Waals surface area contributed by atoms with Crippen molar-refractivity contribution in [2.75, 3.05) is 0 Å². The van der Waals surface area contributed by atoms with Gasteiger partial charge in [0.15, 0.2) is 0 Å². The lowest BCUT2D eigenvalue weighted by molar-refractivity contribution is 0.0171. The molecule has 0 N–H and O–H groups in total. The fraction of sp³-hybridized carbons (Fsp3) is 0.250. The third-order valence-corrected chi connectivity index (χ3v) is 1.71. The maximum absolute atomic E-state index is 12.7. The standard InChI is InChI=1S/C8H5ClF2N2/c1-8(10,11)5-3-6(9)7(12-2)13-4-5/h3-4H,1H3. The van der Waals surface area contributed by atoms with Crippen molar-refractivity contribution in [2.45, 2.75) is 12.8 Å². The number of alkyl halides is 2. The van der Waals surface area contributed by atoms with Crippen LogP contribution < -0.4 is 0 Å². The molecule has 0 saturated carbocycles. The fourth-order valence-corrected chi connectivity index (χ4v) is 0.962. The molecule has 0 aliphatic rings. The lowest BCUT2D eigenvalue weighted by Crippen LogP contribution is -2.07. The van der Waals surface area contributed by atoms with E-state index in [1.165, 1.54) is 0 Å². The molecular weight excluding hydrogens is 198 g/mol. The summed E-state index contributed by atoms with van der Waals surface area (Å²) in [6.45, 7) is 7.35. The minimum absolute atomic E-state index is 0.0472. The topological polar surface area (TPSA) is 17.2 Å². The summed E-state index contributed by atoms with van der Waals surface area (Å²) in [5, 5.41) is -0.0472. The van der Waals surface area contributed by atoms with Crippen molar-refractivity contribution >= 4 is 17.4 Å². The van der Waals surface area contributed by atoms with E-state index in [4.69, 9.17) is 18.2 Å². The number of pyridine rings is 1. The monoisotopic (exact) mass is 202 g/mol. The molecular formula is C8H5ClF2N2. The Labute approximate surface area is 79.0 Å². The van der Waals surface area contributed by atoms with Crippen molar-refractivity contribution in [2.24, 2.45) is 0 Å². The van der Waals surface area contributed by atoms with Crippen LogP contribution in [0.3, 0.4) is 0 Å². The van der Waals surface area contributed by atoms with Gasteiger partial charge < -0.3 is 4.85 Å². The molecule has 0 aromatic carbocycles. The normalized spacial score (nSPS) is 11.0. The zero-order chi connectivity index (χ0) is 10.1. The molecule has 13 heavy (non-hydrogen) atoms. The minimum Gasteiger partial charge on any atom is -0.359 e. The average molecular weight is 203 g/mol. The summed E-state index contributed by atoms with van der Waals surface area (Å²) in [6.07, 6.45) is 0.958. The van der Waals surface area contributed by atoms with E-state index in [9.17, 15) is 8.78 Å². The van der Waals surface area contributed by atoms with Crippen LogP contribution in [0, 0.1) is 6.57 Å². The van der Waals surface area contributed by atoms with Crippen LogP contribution in [0.1, 0.15) is 12.5 Å². The number of hydrogen-bond acceptors (Lipinski definition) is 1. The van der Waals surface area contributed by atoms with Gasteiger partial charge in [0.1, 0.15) is 6.20 Å². The Bertz CT molecular complexity index is 365. The lowest BCUT2D eigenvalue weighted by atomic mass is 10.2. The first kappa shape index (κ1) is 9.87. The van der Waals surface area contributed by atoms with E-state index in [-0.39, 0.29) is 16.4 Å². The van der Waals surface area contributed by atoms with Crippen LogP contribution in [-0.4, -0.2) is 4.98 Å². The van der Waals surface area contributed by atoms with Gasteiger partial charge in [-0.2, -0.15) is 0 Å². The molecule has 5 heteroatoms. The quantitative estimate of drug-likeness (QED) is 0.638. The number of hydrogen-bond donors (Lipinski definition) is 0. The Morgan fingerprint density at radius 2 is 2.23 bits per heavy atom. The van der Waals surface area contributed by atoms with Gasteiger partial charge in [0, 0.05) is 6.92 Å². The molecule has 0 amide bonds. The molecule has 0 atom stereocenters. The van der Waals surface area contributed by atoms with Crippen molar-refractivity contribution in [1.29, 1.82) is 0 Å². The van der Waals surface area contributed by atoms with Crippen LogP contribution in [0.15, 0.2) is 12.3 Å². The highest BCUT2D eigenvalue weighted by Crippen LogP contribution is 2.31. The van der Waals surface area contributed by atoms with E-state index in [1.807, 2.05) is 0 Å². The minimum atomic E-state index is -2.98. The first-order valence-electron chi connectivity index (χ1n) is 3.36. The Morgan fingerprint density at radius 1 is 1.62 bits per heavy atom. The summed E-state index contributed by atoms with van der Waals surface area (Å²) in [5.41, 5.74) is -0.287. The van der Waals surface area contributed by atoms with E-state index in [2.05, 4.69) is 9.83 Å². The fourth-order valence-electron chi connectivity index (χ4n) is 0.753. The van der Waals surface area contributed by atoms with Gasteiger partial charge in [-0.25, -0.2) is 8.78 Å². The first-order valence-corrected chi connectivity index (χ1v) is 3.74. The molecule has 0 saturated heterocycles. The largest absolute Gasteiger partial charge is 0.359 e. The second kappa shape index (κ2) is 3.27. The summed E-state index contributed by atoms with van der Waals surface area (Å²) < 4.78 is 25.4. The van der Waals surface area contributed by atoms with Crippen LogP contribution in [0.4, 0.5) is 14.6 Å². The molecule has 2 nitrogen and oxygen atoms in total. The number of rotatable bonds is 1. The van der Waals surface area contributed by atoms with Gasteiger partial charge >= 0.3 is 0 Å². The maximum atomic E-state index is 12.7. The molecule has 0 unspecified atom stereocenters. The van der Waals surface area contributed by atoms with Gasteiger partial charge in [-0.15, -0.1) is 4.98 Å². The summed E-state index contributed by atoms with van der Waals surface area (Å²) in [4.78, 5) is 6.45. The number of halogens is 3. The third kappa shape index (κ3) is 2.13. The molecule has 0 radical (unpaired) electrons. The zero-order valence-electron chi connectivity index (χ0n) is 6.68. The van der Waals surface area contributed by atoms with Gasteiger partial charge in [0.25, 0.3) is 11.7 Å². The summed E-state index contributed by atoms with van der Waals surface area (Å²) in [6, 6.07) is 1.06. The lowest BCUT2D eigenvalue weighted by Gasteiger charge is -2.08. The van der Waals surface area contributed by atoms with Crippen molar-refractivity contribution in [3.63, 3.8) is 0 Å². The second-order valence-corrected chi connectivity index (χ2v) is 2.94. The smallest absolute Gasteiger partial charge is 0.288 e. The molecule has 0 spiro atoms. The van der Waals surface area contributed by atoms with Crippen LogP contribution in [0.2, 0.25) is 5.02 Å². The molecule has 68 valence electrons. The van der Waals surface area contributed by atoms with Gasteiger partial charge in [-0.3, -0.25) is 0 Å². The van der Waals surface area contributed by atoms with Crippen LogP contribution in [-0.2, 0) is 5.92 Å². The van der Waals surface area contributed by atoms with Crippen molar-refractivity contribution < 1.29 is 8.78 Å². The molecule has 1 heterocycles. The summed E-state index contributed by atoms with van der Waals surface area (Å²) in [7, 11) is 0. The average Bonchev–Trinajstić information content (AvgIpc) is 2.02. The van der Waals surface area contributed by atoms with Crippen LogP contribution in [0.25, 0.3) is 4.85 Å². The first-order chi connectivity index (χ1) is 5.95. The number of aromatic nitrogens is 1. The molecule has 0 aliphatic heterocycles. The SMILES string of the molecule is [C-]#[N+]c1ncc(C(C)(F)F)cc1Cl. The maximum Gasteiger partial charge on any atom is 0.288 e. The van der Waals surface area contributed by atoms with Crippen LogP contribution >= 0.6 is 11.6 Å². The van der Waals surface area contributed by atoms with Crippen LogP contribution in [0.5, 0.6) is 0 Å². The molecule has 1 rings (SSSR count). The molecule has 1 aromatic rings. The molecule has 1 aromatic heterocycles. The summed E-state index contributed by atoms with van der Waals surface area (Å²) >= 11 is 5.53. The number of nitrogens with zero attached hydrogens (tertiary/aromatic N) is 2. The van der Waals surface area contributed by atoms with Gasteiger partial charge in [0.2, 0.25) is 0 Å². The molecule has 0 bridgehead atoms. The van der Waals surface area contributed by atoms with Gasteiger partial charge in [-0.1, -0.05) is 18.2 Å². The Balaban J connectivity index is 3.20. The van der Waals surface area contributed by atoms with E-state index < -0.39 is 5.92 Å². The van der Waals surface area contributed by atoms with E-state index in [0.717, 1.165) is 19.2 Å². The van der Waals surface area contributed by atoms with Crippen molar-refractivity contribution in [3.8, 4) is 0 Å². The summed E-state index contributed by atoms with van der Waals surface area (Å²) in [5.74, 6) is -3.04. The van der Waals surface area contributed by atoms with E-state index in [0.29, 0.717) is 0 Å². The predicted molar refractivity (Wildman–Crippen MR) is 45.1 cm³/mol.